The summed E-state index contributed by atoms with van der Waals surface area (Å²) in [4.78, 5) is 18.5. The lowest BCUT2D eigenvalue weighted by molar-refractivity contribution is -0.138. The Bertz CT molecular complexity index is 611. The van der Waals surface area contributed by atoms with Crippen LogP contribution < -0.4 is 5.32 Å². The third-order valence-electron chi connectivity index (χ3n) is 2.51. The number of alkyl halides is 3. The molecule has 8 heteroatoms. The van der Waals surface area contributed by atoms with Crippen LogP contribution in [0.4, 0.5) is 13.2 Å². The van der Waals surface area contributed by atoms with E-state index >= 15 is 0 Å². The summed E-state index contributed by atoms with van der Waals surface area (Å²) < 4.78 is 38.1. The number of hydrogen-bond donors (Lipinski definition) is 2. The summed E-state index contributed by atoms with van der Waals surface area (Å²) in [5.41, 5.74) is -0.949. The fourth-order valence-corrected chi connectivity index (χ4v) is 2.02. The molecule has 2 aromatic rings. The summed E-state index contributed by atoms with van der Waals surface area (Å²) >= 11 is 2.82. The Morgan fingerprint density at radius 3 is 2.75 bits per heavy atom. The lowest BCUT2D eigenvalue weighted by Gasteiger charge is -2.11. The second-order valence-corrected chi connectivity index (χ2v) is 4.77. The molecule has 0 unspecified atom stereocenters. The first-order chi connectivity index (χ1) is 9.38. The molecule has 1 amide bonds. The Balaban J connectivity index is 2.14. The zero-order valence-corrected chi connectivity index (χ0v) is 11.5. The van der Waals surface area contributed by atoms with E-state index in [0.29, 0.717) is 5.82 Å². The molecule has 1 heterocycles. The largest absolute Gasteiger partial charge is 0.417 e. The van der Waals surface area contributed by atoms with Crippen molar-refractivity contribution in [1.29, 1.82) is 0 Å². The molecule has 0 saturated carbocycles. The molecule has 2 rings (SSSR count). The molecule has 1 aromatic carbocycles. The second kappa shape index (κ2) is 5.66. The molecule has 1 aromatic heterocycles. The molecule has 20 heavy (non-hydrogen) atoms. The van der Waals surface area contributed by atoms with Crippen LogP contribution in [0.1, 0.15) is 21.7 Å². The van der Waals surface area contributed by atoms with E-state index in [9.17, 15) is 18.0 Å². The van der Waals surface area contributed by atoms with Crippen molar-refractivity contribution in [2.75, 3.05) is 0 Å². The lowest BCUT2D eigenvalue weighted by atomic mass is 10.1. The second-order valence-electron chi connectivity index (χ2n) is 3.91. The van der Waals surface area contributed by atoms with Gasteiger partial charge in [0.05, 0.1) is 12.1 Å². The van der Waals surface area contributed by atoms with Gasteiger partial charge in [-0.1, -0.05) is 15.9 Å². The maximum Gasteiger partial charge on any atom is 0.417 e. The minimum atomic E-state index is -4.52. The van der Waals surface area contributed by atoms with E-state index in [4.69, 9.17) is 0 Å². The highest BCUT2D eigenvalue weighted by molar-refractivity contribution is 9.10. The highest BCUT2D eigenvalue weighted by Gasteiger charge is 2.33. The fourth-order valence-electron chi connectivity index (χ4n) is 1.54. The molecular weight excluding hydrogens is 339 g/mol. The van der Waals surface area contributed by atoms with Gasteiger partial charge < -0.3 is 10.3 Å². The Labute approximate surface area is 120 Å². The zero-order valence-electron chi connectivity index (χ0n) is 9.96. The van der Waals surface area contributed by atoms with Crippen molar-refractivity contribution in [1.82, 2.24) is 15.3 Å². The molecule has 0 radical (unpaired) electrons. The minimum absolute atomic E-state index is 0.0629. The van der Waals surface area contributed by atoms with Crippen LogP contribution >= 0.6 is 15.9 Å². The number of nitrogens with zero attached hydrogens (tertiary/aromatic N) is 1. The van der Waals surface area contributed by atoms with Gasteiger partial charge in [-0.05, 0) is 18.2 Å². The normalized spacial score (nSPS) is 11.4. The van der Waals surface area contributed by atoms with E-state index in [1.807, 2.05) is 0 Å². The van der Waals surface area contributed by atoms with Gasteiger partial charge in [-0.25, -0.2) is 4.98 Å². The van der Waals surface area contributed by atoms with E-state index in [1.165, 1.54) is 18.3 Å². The van der Waals surface area contributed by atoms with Crippen LogP contribution in [0.2, 0.25) is 0 Å². The summed E-state index contributed by atoms with van der Waals surface area (Å²) in [6.45, 7) is 0.114. The smallest absolute Gasteiger partial charge is 0.347 e. The predicted octanol–water partition coefficient (Wildman–Crippen LogP) is 3.12. The number of aromatic amines is 1. The standard InChI is InChI=1S/C12H9BrF3N3O/c13-9-2-1-7(5-8(9)12(14,15)16)11(20)19-6-10-17-3-4-18-10/h1-5H,6H2,(H,17,18)(H,19,20). The lowest BCUT2D eigenvalue weighted by Crippen LogP contribution is -2.24. The van der Waals surface area contributed by atoms with Crippen LogP contribution in [0.15, 0.2) is 35.1 Å². The number of carbonyl (C=O) groups is 1. The van der Waals surface area contributed by atoms with Gasteiger partial charge in [0.25, 0.3) is 5.91 Å². The predicted molar refractivity (Wildman–Crippen MR) is 68.9 cm³/mol. The van der Waals surface area contributed by atoms with Crippen molar-refractivity contribution < 1.29 is 18.0 Å². The van der Waals surface area contributed by atoms with Crippen molar-refractivity contribution in [2.24, 2.45) is 0 Å². The third kappa shape index (κ3) is 3.38. The van der Waals surface area contributed by atoms with Gasteiger partial charge in [0.15, 0.2) is 0 Å². The van der Waals surface area contributed by atoms with Gasteiger partial charge >= 0.3 is 6.18 Å². The highest BCUT2D eigenvalue weighted by Crippen LogP contribution is 2.35. The summed E-state index contributed by atoms with van der Waals surface area (Å²) in [6.07, 6.45) is -1.41. The number of aromatic nitrogens is 2. The van der Waals surface area contributed by atoms with Gasteiger partial charge in [0.1, 0.15) is 5.82 Å². The number of imidazole rings is 1. The number of benzene rings is 1. The van der Waals surface area contributed by atoms with Crippen molar-refractivity contribution in [3.8, 4) is 0 Å². The van der Waals surface area contributed by atoms with Gasteiger partial charge in [-0.2, -0.15) is 13.2 Å². The average molecular weight is 348 g/mol. The van der Waals surface area contributed by atoms with Crippen molar-refractivity contribution in [3.63, 3.8) is 0 Å². The summed E-state index contributed by atoms with van der Waals surface area (Å²) in [5, 5.41) is 2.48. The van der Waals surface area contributed by atoms with Gasteiger partial charge in [-0.3, -0.25) is 4.79 Å². The van der Waals surface area contributed by atoms with Crippen LogP contribution in [0.3, 0.4) is 0 Å². The molecule has 0 aliphatic rings. The zero-order chi connectivity index (χ0) is 14.8. The first-order valence-corrected chi connectivity index (χ1v) is 6.30. The van der Waals surface area contributed by atoms with E-state index < -0.39 is 17.6 Å². The molecule has 0 fully saturated rings. The fraction of sp³-hybridized carbons (Fsp3) is 0.167. The number of hydrogen-bond acceptors (Lipinski definition) is 2. The average Bonchev–Trinajstić information content (AvgIpc) is 2.88. The third-order valence-corrected chi connectivity index (χ3v) is 3.20. The highest BCUT2D eigenvalue weighted by atomic mass is 79.9. The molecule has 0 atom stereocenters. The maximum atomic E-state index is 12.7. The molecule has 106 valence electrons. The molecule has 0 aliphatic heterocycles. The molecule has 2 N–H and O–H groups in total. The Morgan fingerprint density at radius 2 is 2.15 bits per heavy atom. The SMILES string of the molecule is O=C(NCc1ncc[nH]1)c1ccc(Br)c(C(F)(F)F)c1. The van der Waals surface area contributed by atoms with Gasteiger partial charge in [-0.15, -0.1) is 0 Å². The van der Waals surface area contributed by atoms with Crippen LogP contribution in [0.5, 0.6) is 0 Å². The molecule has 0 bridgehead atoms. The first-order valence-electron chi connectivity index (χ1n) is 5.51. The molecule has 0 saturated heterocycles. The van der Waals surface area contributed by atoms with Gasteiger partial charge in [0, 0.05) is 22.4 Å². The van der Waals surface area contributed by atoms with E-state index in [0.717, 1.165) is 6.07 Å². The molecule has 0 spiro atoms. The number of halogens is 4. The number of carbonyl (C=O) groups excluding carboxylic acids is 1. The van der Waals surface area contributed by atoms with Crippen molar-refractivity contribution in [2.45, 2.75) is 12.7 Å². The van der Waals surface area contributed by atoms with Crippen LogP contribution in [0, 0.1) is 0 Å². The van der Waals surface area contributed by atoms with Crippen LogP contribution in [-0.2, 0) is 12.7 Å². The first kappa shape index (κ1) is 14.6. The Kier molecular flexibility index (Phi) is 4.12. The monoisotopic (exact) mass is 347 g/mol. The molecular formula is C12H9BrF3N3O. The summed E-state index contributed by atoms with van der Waals surface area (Å²) in [5.74, 6) is -0.0779. The Morgan fingerprint density at radius 1 is 1.40 bits per heavy atom. The maximum absolute atomic E-state index is 12.7. The summed E-state index contributed by atoms with van der Waals surface area (Å²) in [6, 6.07) is 3.32. The summed E-state index contributed by atoms with van der Waals surface area (Å²) in [7, 11) is 0. The molecule has 4 nitrogen and oxygen atoms in total. The van der Waals surface area contributed by atoms with Crippen LogP contribution in [0.25, 0.3) is 0 Å². The number of amides is 1. The van der Waals surface area contributed by atoms with Crippen LogP contribution in [-0.4, -0.2) is 15.9 Å². The number of rotatable bonds is 3. The van der Waals surface area contributed by atoms with E-state index in [-0.39, 0.29) is 16.6 Å². The Hall–Kier alpha value is -1.83. The topological polar surface area (TPSA) is 57.8 Å². The van der Waals surface area contributed by atoms with E-state index in [1.54, 1.807) is 6.20 Å². The quantitative estimate of drug-likeness (QED) is 0.896. The molecule has 0 aliphatic carbocycles. The van der Waals surface area contributed by atoms with E-state index in [2.05, 4.69) is 31.2 Å². The van der Waals surface area contributed by atoms with Gasteiger partial charge in [0.2, 0.25) is 0 Å². The number of nitrogens with one attached hydrogen (secondary N) is 2. The van der Waals surface area contributed by atoms with Crippen molar-refractivity contribution in [3.05, 3.63) is 52.0 Å². The number of H-pyrrole nitrogens is 1. The minimum Gasteiger partial charge on any atom is -0.347 e. The van der Waals surface area contributed by atoms with Crippen molar-refractivity contribution >= 4 is 21.8 Å².